The highest BCUT2D eigenvalue weighted by Crippen LogP contribution is 2.25. The summed E-state index contributed by atoms with van der Waals surface area (Å²) in [4.78, 5) is 12.0. The molecule has 0 bridgehead atoms. The molecule has 0 atom stereocenters. The Kier molecular flexibility index (Phi) is 4.47. The molecule has 0 aliphatic rings. The van der Waals surface area contributed by atoms with Gasteiger partial charge in [0.1, 0.15) is 4.75 Å². The summed E-state index contributed by atoms with van der Waals surface area (Å²) in [6, 6.07) is 4.77. The van der Waals surface area contributed by atoms with Crippen LogP contribution in [0.3, 0.4) is 0 Å². The van der Waals surface area contributed by atoms with E-state index in [9.17, 15) is 13.2 Å². The summed E-state index contributed by atoms with van der Waals surface area (Å²) in [5.41, 5.74) is 0.572. The summed E-state index contributed by atoms with van der Waals surface area (Å²) in [7, 11) is -3.46. The molecule has 0 amide bonds. The minimum Gasteiger partial charge on any atom is -0.298 e. The highest BCUT2D eigenvalue weighted by atomic mass is 35.5. The molecule has 0 saturated heterocycles. The van der Waals surface area contributed by atoms with Crippen molar-refractivity contribution in [3.8, 4) is 0 Å². The van der Waals surface area contributed by atoms with Gasteiger partial charge in [0.25, 0.3) is 0 Å². The van der Waals surface area contributed by atoms with Crippen molar-refractivity contribution in [1.29, 1.82) is 0 Å². The van der Waals surface area contributed by atoms with Crippen molar-refractivity contribution in [3.05, 3.63) is 33.8 Å². The van der Waals surface area contributed by atoms with E-state index in [1.165, 1.54) is 19.9 Å². The summed E-state index contributed by atoms with van der Waals surface area (Å²) < 4.78 is 21.7. The molecule has 1 aromatic rings. The third-order valence-corrected chi connectivity index (χ3v) is 5.63. The summed E-state index contributed by atoms with van der Waals surface area (Å²) in [6.45, 7) is 2.79. The van der Waals surface area contributed by atoms with Crippen LogP contribution in [0, 0.1) is 0 Å². The molecule has 0 radical (unpaired) electrons. The Hall–Kier alpha value is -0.580. The monoisotopic (exact) mass is 308 g/mol. The molecular weight excluding hydrogens is 295 g/mol. The van der Waals surface area contributed by atoms with E-state index >= 15 is 0 Å². The first-order chi connectivity index (χ1) is 8.05. The molecule has 0 fully saturated rings. The van der Waals surface area contributed by atoms with Crippen LogP contribution in [0.2, 0.25) is 10.0 Å². The molecule has 3 nitrogen and oxygen atoms in total. The summed E-state index contributed by atoms with van der Waals surface area (Å²) in [5.74, 6) is -0.394. The van der Waals surface area contributed by atoms with Gasteiger partial charge in [0.05, 0.1) is 0 Å². The lowest BCUT2D eigenvalue weighted by molar-refractivity contribution is -0.120. The number of halogens is 2. The Bertz CT molecular complexity index is 577. The van der Waals surface area contributed by atoms with Gasteiger partial charge in [-0.05, 0) is 31.5 Å². The number of ketones is 1. The van der Waals surface area contributed by atoms with Gasteiger partial charge in [0.2, 0.25) is 0 Å². The normalized spacial score (nSPS) is 12.5. The van der Waals surface area contributed by atoms with Crippen molar-refractivity contribution in [1.82, 2.24) is 0 Å². The zero-order valence-electron chi connectivity index (χ0n) is 10.3. The number of benzene rings is 1. The largest absolute Gasteiger partial charge is 0.298 e. The number of hydrogen-bond donors (Lipinski definition) is 0. The topological polar surface area (TPSA) is 51.2 Å². The van der Waals surface area contributed by atoms with Crippen LogP contribution in [-0.2, 0) is 21.1 Å². The van der Waals surface area contributed by atoms with Crippen LogP contribution in [0.15, 0.2) is 18.2 Å². The van der Waals surface area contributed by atoms with Gasteiger partial charge >= 0.3 is 0 Å². The average molecular weight is 309 g/mol. The third-order valence-electron chi connectivity index (χ3n) is 2.96. The number of carbonyl (C=O) groups is 1. The van der Waals surface area contributed by atoms with Crippen LogP contribution in [0.4, 0.5) is 0 Å². The molecule has 1 aromatic carbocycles. The maximum Gasteiger partial charge on any atom is 0.159 e. The maximum absolute atomic E-state index is 12.0. The van der Waals surface area contributed by atoms with Crippen molar-refractivity contribution in [2.75, 3.05) is 6.26 Å². The van der Waals surface area contributed by atoms with Crippen molar-refractivity contribution in [3.63, 3.8) is 0 Å². The van der Waals surface area contributed by atoms with Crippen molar-refractivity contribution >= 4 is 38.8 Å². The van der Waals surface area contributed by atoms with Gasteiger partial charge in [-0.2, -0.15) is 0 Å². The Balaban J connectivity index is 3.02. The second-order valence-electron chi connectivity index (χ2n) is 4.62. The van der Waals surface area contributed by atoms with Crippen molar-refractivity contribution in [2.24, 2.45) is 0 Å². The minimum atomic E-state index is -3.46. The third kappa shape index (κ3) is 3.25. The molecule has 100 valence electrons. The van der Waals surface area contributed by atoms with E-state index < -0.39 is 20.4 Å². The van der Waals surface area contributed by atoms with Crippen LogP contribution in [0.25, 0.3) is 0 Å². The summed E-state index contributed by atoms with van der Waals surface area (Å²) >= 11 is 11.7. The van der Waals surface area contributed by atoms with E-state index in [0.717, 1.165) is 6.26 Å². The summed E-state index contributed by atoms with van der Waals surface area (Å²) in [5, 5.41) is 0.832. The molecule has 0 unspecified atom stereocenters. The standard InChI is InChI=1S/C12H14Cl2O3S/c1-12(2,18(3,16)17)11(15)6-8-4-5-9(13)7-10(8)14/h4-5,7H,6H2,1-3H3. The van der Waals surface area contributed by atoms with Gasteiger partial charge in [-0.1, -0.05) is 29.3 Å². The van der Waals surface area contributed by atoms with E-state index in [4.69, 9.17) is 23.2 Å². The van der Waals surface area contributed by atoms with Gasteiger partial charge in [-0.25, -0.2) is 8.42 Å². The Morgan fingerprint density at radius 1 is 1.28 bits per heavy atom. The van der Waals surface area contributed by atoms with Crippen LogP contribution >= 0.6 is 23.2 Å². The van der Waals surface area contributed by atoms with Crippen LogP contribution < -0.4 is 0 Å². The van der Waals surface area contributed by atoms with Gasteiger partial charge in [-0.15, -0.1) is 0 Å². The van der Waals surface area contributed by atoms with E-state index in [1.807, 2.05) is 0 Å². The van der Waals surface area contributed by atoms with Gasteiger partial charge in [-0.3, -0.25) is 4.79 Å². The zero-order chi connectivity index (χ0) is 14.1. The second-order valence-corrected chi connectivity index (χ2v) is 8.03. The molecule has 0 aliphatic carbocycles. The summed E-state index contributed by atoms with van der Waals surface area (Å²) in [6.07, 6.45) is 1.02. The van der Waals surface area contributed by atoms with Gasteiger partial charge in [0, 0.05) is 22.7 Å². The SMILES string of the molecule is CC(C)(C(=O)Cc1ccc(Cl)cc1Cl)S(C)(=O)=O. The molecule has 0 heterocycles. The molecule has 1 rings (SSSR count). The van der Waals surface area contributed by atoms with Crippen LogP contribution in [0.1, 0.15) is 19.4 Å². The van der Waals surface area contributed by atoms with E-state index in [2.05, 4.69) is 0 Å². The van der Waals surface area contributed by atoms with E-state index in [0.29, 0.717) is 15.6 Å². The number of hydrogen-bond acceptors (Lipinski definition) is 3. The van der Waals surface area contributed by atoms with Crippen molar-refractivity contribution in [2.45, 2.75) is 25.0 Å². The number of rotatable bonds is 4. The molecule has 0 aliphatic heterocycles. The minimum absolute atomic E-state index is 0.0317. The fraction of sp³-hybridized carbons (Fsp3) is 0.417. The first-order valence-corrected chi connectivity index (χ1v) is 7.87. The van der Waals surface area contributed by atoms with Crippen LogP contribution in [0.5, 0.6) is 0 Å². The predicted molar refractivity (Wildman–Crippen MR) is 74.1 cm³/mol. The highest BCUT2D eigenvalue weighted by Gasteiger charge is 2.37. The average Bonchev–Trinajstić information content (AvgIpc) is 2.20. The van der Waals surface area contributed by atoms with E-state index in [-0.39, 0.29) is 6.42 Å². The first-order valence-electron chi connectivity index (χ1n) is 5.22. The molecule has 0 N–H and O–H groups in total. The van der Waals surface area contributed by atoms with Crippen LogP contribution in [-0.4, -0.2) is 25.2 Å². The molecular formula is C12H14Cl2O3S. The lowest BCUT2D eigenvalue weighted by Gasteiger charge is -2.21. The fourth-order valence-electron chi connectivity index (χ4n) is 1.26. The first kappa shape index (κ1) is 15.5. The quantitative estimate of drug-likeness (QED) is 0.859. The molecule has 18 heavy (non-hydrogen) atoms. The maximum atomic E-state index is 12.0. The highest BCUT2D eigenvalue weighted by molar-refractivity contribution is 7.92. The fourth-order valence-corrected chi connectivity index (χ4v) is 2.22. The Morgan fingerprint density at radius 3 is 2.28 bits per heavy atom. The molecule has 0 spiro atoms. The smallest absolute Gasteiger partial charge is 0.159 e. The van der Waals surface area contributed by atoms with E-state index in [1.54, 1.807) is 12.1 Å². The lowest BCUT2D eigenvalue weighted by Crippen LogP contribution is -2.40. The van der Waals surface area contributed by atoms with Gasteiger partial charge in [0.15, 0.2) is 15.6 Å². The second kappa shape index (κ2) is 5.19. The number of carbonyl (C=O) groups excluding carboxylic acids is 1. The number of Topliss-reactive ketones (excluding diaryl/α,β-unsaturated/α-hetero) is 1. The van der Waals surface area contributed by atoms with Gasteiger partial charge < -0.3 is 0 Å². The lowest BCUT2D eigenvalue weighted by atomic mass is 10.0. The molecule has 0 saturated carbocycles. The Morgan fingerprint density at radius 2 is 1.83 bits per heavy atom. The van der Waals surface area contributed by atoms with Crippen molar-refractivity contribution < 1.29 is 13.2 Å². The number of sulfone groups is 1. The molecule has 6 heteroatoms. The zero-order valence-corrected chi connectivity index (χ0v) is 12.7. The molecule has 0 aromatic heterocycles. The predicted octanol–water partition coefficient (Wildman–Crippen LogP) is 2.93. The Labute approximate surface area is 117 Å².